The number of nitrogens with zero attached hydrogens (tertiary/aromatic N) is 1. The molecule has 0 saturated heterocycles. The fourth-order valence-electron chi connectivity index (χ4n) is 2.74. The van der Waals surface area contributed by atoms with Gasteiger partial charge in [-0.3, -0.25) is 0 Å². The predicted molar refractivity (Wildman–Crippen MR) is 103 cm³/mol. The number of ether oxygens (including phenoxy) is 1. The number of hydrogen-bond acceptors (Lipinski definition) is 5. The van der Waals surface area contributed by atoms with Crippen molar-refractivity contribution in [2.45, 2.75) is 13.3 Å². The van der Waals surface area contributed by atoms with E-state index in [1.165, 1.54) is 0 Å². The number of esters is 1. The van der Waals surface area contributed by atoms with Crippen molar-refractivity contribution in [3.05, 3.63) is 72.4 Å². The van der Waals surface area contributed by atoms with Gasteiger partial charge in [0.05, 0.1) is 6.61 Å². The number of phenolic OH excluding ortho intramolecular Hbond substituents is 1. The standard InChI is InChI=1S/C21H20N2O3/c1-3-8-14-11-12-16-17(19(14)24)13-18(21(25)26-4-2)23-20(16)22-15-9-6-5-7-10-15/h3,5-7,9-13,24H,1,4,8H2,2H3,(H,22,23). The molecule has 5 nitrogen and oxygen atoms in total. The van der Waals surface area contributed by atoms with Crippen molar-refractivity contribution in [2.24, 2.45) is 0 Å². The fourth-order valence-corrected chi connectivity index (χ4v) is 2.74. The number of hydrogen-bond donors (Lipinski definition) is 2. The summed E-state index contributed by atoms with van der Waals surface area (Å²) in [6.45, 7) is 5.70. The Kier molecular flexibility index (Phi) is 5.17. The highest BCUT2D eigenvalue weighted by Crippen LogP contribution is 2.34. The van der Waals surface area contributed by atoms with E-state index in [9.17, 15) is 9.90 Å². The lowest BCUT2D eigenvalue weighted by Gasteiger charge is -2.13. The molecular formula is C21H20N2O3. The fraction of sp³-hybridized carbons (Fsp3) is 0.143. The van der Waals surface area contributed by atoms with Gasteiger partial charge in [-0.05, 0) is 37.1 Å². The summed E-state index contributed by atoms with van der Waals surface area (Å²) in [4.78, 5) is 16.6. The van der Waals surface area contributed by atoms with Crippen LogP contribution in [0.1, 0.15) is 23.0 Å². The average Bonchev–Trinajstić information content (AvgIpc) is 2.65. The monoisotopic (exact) mass is 348 g/mol. The van der Waals surface area contributed by atoms with Crippen LogP contribution in [0.2, 0.25) is 0 Å². The molecule has 1 aromatic heterocycles. The minimum atomic E-state index is -0.529. The Balaban J connectivity index is 2.18. The summed E-state index contributed by atoms with van der Waals surface area (Å²) in [6, 6.07) is 14.8. The van der Waals surface area contributed by atoms with E-state index < -0.39 is 5.97 Å². The van der Waals surface area contributed by atoms with Crippen LogP contribution < -0.4 is 5.32 Å². The van der Waals surface area contributed by atoms with Gasteiger partial charge in [-0.2, -0.15) is 0 Å². The van der Waals surface area contributed by atoms with Crippen LogP contribution in [0.25, 0.3) is 10.8 Å². The van der Waals surface area contributed by atoms with Gasteiger partial charge in [0.1, 0.15) is 11.6 Å². The summed E-state index contributed by atoms with van der Waals surface area (Å²) in [7, 11) is 0. The Morgan fingerprint density at radius 2 is 2.00 bits per heavy atom. The molecule has 26 heavy (non-hydrogen) atoms. The maximum absolute atomic E-state index is 12.2. The van der Waals surface area contributed by atoms with E-state index in [1.54, 1.807) is 19.1 Å². The van der Waals surface area contributed by atoms with Crippen molar-refractivity contribution >= 4 is 28.2 Å². The number of rotatable bonds is 6. The summed E-state index contributed by atoms with van der Waals surface area (Å²) >= 11 is 0. The minimum Gasteiger partial charge on any atom is -0.507 e. The number of pyridine rings is 1. The van der Waals surface area contributed by atoms with Gasteiger partial charge in [0, 0.05) is 16.5 Å². The number of carbonyl (C=O) groups excluding carboxylic acids is 1. The third-order valence-electron chi connectivity index (χ3n) is 3.95. The molecule has 2 aromatic carbocycles. The summed E-state index contributed by atoms with van der Waals surface area (Å²) in [5.41, 5.74) is 1.71. The number of aromatic nitrogens is 1. The molecule has 0 unspecified atom stereocenters. The number of benzene rings is 2. The third-order valence-corrected chi connectivity index (χ3v) is 3.95. The molecular weight excluding hydrogens is 328 g/mol. The Labute approximate surface area is 152 Å². The molecule has 0 aliphatic rings. The van der Waals surface area contributed by atoms with Crippen LogP contribution in [-0.2, 0) is 11.2 Å². The Morgan fingerprint density at radius 3 is 2.69 bits per heavy atom. The van der Waals surface area contributed by atoms with E-state index in [4.69, 9.17) is 4.74 Å². The number of aromatic hydroxyl groups is 1. The molecule has 0 fully saturated rings. The highest BCUT2D eigenvalue weighted by Gasteiger charge is 2.17. The van der Waals surface area contributed by atoms with E-state index in [1.807, 2.05) is 42.5 Å². The third kappa shape index (κ3) is 3.52. The zero-order valence-corrected chi connectivity index (χ0v) is 14.5. The first-order valence-electron chi connectivity index (χ1n) is 8.39. The topological polar surface area (TPSA) is 71.5 Å². The van der Waals surface area contributed by atoms with Crippen molar-refractivity contribution in [1.29, 1.82) is 0 Å². The van der Waals surface area contributed by atoms with Gasteiger partial charge < -0.3 is 15.2 Å². The van der Waals surface area contributed by atoms with Crippen LogP contribution in [0, 0.1) is 0 Å². The molecule has 0 bridgehead atoms. The quantitative estimate of drug-likeness (QED) is 0.503. The molecule has 0 spiro atoms. The normalized spacial score (nSPS) is 10.5. The molecule has 0 radical (unpaired) electrons. The number of para-hydroxylation sites is 1. The Morgan fingerprint density at radius 1 is 1.23 bits per heavy atom. The van der Waals surface area contributed by atoms with Crippen LogP contribution in [0.5, 0.6) is 5.75 Å². The van der Waals surface area contributed by atoms with Crippen molar-refractivity contribution in [3.63, 3.8) is 0 Å². The second kappa shape index (κ2) is 7.70. The Hall–Kier alpha value is -3.34. The first-order chi connectivity index (χ1) is 12.6. The maximum Gasteiger partial charge on any atom is 0.357 e. The molecule has 3 rings (SSSR count). The average molecular weight is 348 g/mol. The smallest absolute Gasteiger partial charge is 0.357 e. The molecule has 1 heterocycles. The molecule has 0 aliphatic carbocycles. The summed E-state index contributed by atoms with van der Waals surface area (Å²) in [5, 5.41) is 15.1. The first-order valence-corrected chi connectivity index (χ1v) is 8.39. The number of phenols is 1. The second-order valence-electron chi connectivity index (χ2n) is 5.73. The first kappa shape index (κ1) is 17.5. The van der Waals surface area contributed by atoms with Crippen LogP contribution in [0.3, 0.4) is 0 Å². The van der Waals surface area contributed by atoms with Gasteiger partial charge in [-0.15, -0.1) is 6.58 Å². The number of carbonyl (C=O) groups is 1. The molecule has 2 N–H and O–H groups in total. The minimum absolute atomic E-state index is 0.117. The van der Waals surface area contributed by atoms with Crippen LogP contribution in [0.15, 0.2) is 61.2 Å². The lowest BCUT2D eigenvalue weighted by molar-refractivity contribution is 0.0520. The van der Waals surface area contributed by atoms with Crippen LogP contribution in [0.4, 0.5) is 11.5 Å². The van der Waals surface area contributed by atoms with Gasteiger partial charge in [-0.25, -0.2) is 9.78 Å². The summed E-state index contributed by atoms with van der Waals surface area (Å²) in [6.07, 6.45) is 2.25. The van der Waals surface area contributed by atoms with E-state index in [-0.39, 0.29) is 18.1 Å². The van der Waals surface area contributed by atoms with E-state index in [0.717, 1.165) is 11.3 Å². The molecule has 3 aromatic rings. The number of anilines is 2. The van der Waals surface area contributed by atoms with Crippen LogP contribution >= 0.6 is 0 Å². The zero-order chi connectivity index (χ0) is 18.5. The summed E-state index contributed by atoms with van der Waals surface area (Å²) in [5.74, 6) is 0.0719. The highest BCUT2D eigenvalue weighted by molar-refractivity contribution is 6.02. The molecule has 5 heteroatoms. The van der Waals surface area contributed by atoms with Crippen molar-refractivity contribution in [3.8, 4) is 5.75 Å². The van der Waals surface area contributed by atoms with Gasteiger partial charge in [0.15, 0.2) is 5.69 Å². The number of nitrogens with one attached hydrogen (secondary N) is 1. The van der Waals surface area contributed by atoms with E-state index in [2.05, 4.69) is 16.9 Å². The van der Waals surface area contributed by atoms with Crippen molar-refractivity contribution in [2.75, 3.05) is 11.9 Å². The number of fused-ring (bicyclic) bond motifs is 1. The molecule has 0 amide bonds. The van der Waals surface area contributed by atoms with Gasteiger partial charge in [0.25, 0.3) is 0 Å². The van der Waals surface area contributed by atoms with E-state index >= 15 is 0 Å². The van der Waals surface area contributed by atoms with E-state index in [0.29, 0.717) is 23.0 Å². The largest absolute Gasteiger partial charge is 0.507 e. The lowest BCUT2D eigenvalue weighted by atomic mass is 10.0. The van der Waals surface area contributed by atoms with Crippen molar-refractivity contribution < 1.29 is 14.6 Å². The second-order valence-corrected chi connectivity index (χ2v) is 5.73. The summed E-state index contributed by atoms with van der Waals surface area (Å²) < 4.78 is 5.07. The maximum atomic E-state index is 12.2. The van der Waals surface area contributed by atoms with Gasteiger partial charge >= 0.3 is 5.97 Å². The van der Waals surface area contributed by atoms with Crippen LogP contribution in [-0.4, -0.2) is 22.7 Å². The highest BCUT2D eigenvalue weighted by atomic mass is 16.5. The SMILES string of the molecule is C=CCc1ccc2c(Nc3ccccc3)nc(C(=O)OCC)cc2c1O. The predicted octanol–water partition coefficient (Wildman–Crippen LogP) is 4.59. The van der Waals surface area contributed by atoms with Gasteiger partial charge in [-0.1, -0.05) is 36.4 Å². The lowest BCUT2D eigenvalue weighted by Crippen LogP contribution is -2.09. The molecule has 0 saturated carbocycles. The van der Waals surface area contributed by atoms with Gasteiger partial charge in [0.2, 0.25) is 0 Å². The molecule has 132 valence electrons. The van der Waals surface area contributed by atoms with Crippen molar-refractivity contribution in [1.82, 2.24) is 4.98 Å². The Bertz CT molecular complexity index is 952. The molecule has 0 atom stereocenters. The number of allylic oxidation sites excluding steroid dienone is 1. The zero-order valence-electron chi connectivity index (χ0n) is 14.5. The molecule has 0 aliphatic heterocycles.